The zero-order chi connectivity index (χ0) is 15.6. The fourth-order valence-corrected chi connectivity index (χ4v) is 1.98. The predicted octanol–water partition coefficient (Wildman–Crippen LogP) is 4.86. The molecule has 2 aromatic carbocycles. The molecule has 21 heavy (non-hydrogen) atoms. The highest BCUT2D eigenvalue weighted by molar-refractivity contribution is 9.10. The molecule has 2 nitrogen and oxygen atoms in total. The molecule has 7 heteroatoms. The fraction of sp³-hybridized carbons (Fsp3) is 0.143. The summed E-state index contributed by atoms with van der Waals surface area (Å²) in [6.07, 6.45) is -4.53. The molecule has 0 aliphatic heterocycles. The summed E-state index contributed by atoms with van der Waals surface area (Å²) in [5, 5.41) is 0. The number of rotatable bonds is 3. The van der Waals surface area contributed by atoms with Crippen LogP contribution in [0.3, 0.4) is 0 Å². The van der Waals surface area contributed by atoms with Crippen molar-refractivity contribution in [2.24, 2.45) is 5.73 Å². The van der Waals surface area contributed by atoms with Crippen LogP contribution in [0.4, 0.5) is 17.6 Å². The molecule has 0 amide bonds. The largest absolute Gasteiger partial charge is 0.457 e. The van der Waals surface area contributed by atoms with Crippen molar-refractivity contribution < 1.29 is 22.3 Å². The Morgan fingerprint density at radius 3 is 2.24 bits per heavy atom. The van der Waals surface area contributed by atoms with E-state index >= 15 is 0 Å². The molecule has 112 valence electrons. The van der Waals surface area contributed by atoms with Crippen molar-refractivity contribution in [3.8, 4) is 11.5 Å². The Morgan fingerprint density at radius 1 is 1.05 bits per heavy atom. The summed E-state index contributed by atoms with van der Waals surface area (Å²) < 4.78 is 57.5. The van der Waals surface area contributed by atoms with Gasteiger partial charge in [-0.1, -0.05) is 6.07 Å². The molecule has 0 aliphatic carbocycles. The third-order valence-electron chi connectivity index (χ3n) is 2.73. The predicted molar refractivity (Wildman–Crippen MR) is 73.5 cm³/mol. The number of hydrogen-bond acceptors (Lipinski definition) is 2. The van der Waals surface area contributed by atoms with Crippen LogP contribution in [-0.2, 0) is 12.7 Å². The molecule has 0 heterocycles. The van der Waals surface area contributed by atoms with Crippen LogP contribution >= 0.6 is 15.9 Å². The molecule has 0 atom stereocenters. The monoisotopic (exact) mass is 363 g/mol. The van der Waals surface area contributed by atoms with Crippen molar-refractivity contribution in [2.75, 3.05) is 0 Å². The minimum Gasteiger partial charge on any atom is -0.457 e. The van der Waals surface area contributed by atoms with Crippen LogP contribution in [0.1, 0.15) is 11.1 Å². The first-order valence-corrected chi connectivity index (χ1v) is 6.63. The van der Waals surface area contributed by atoms with Gasteiger partial charge in [-0.05, 0) is 45.8 Å². The molecule has 0 bridgehead atoms. The maximum atomic E-state index is 13.3. The molecular formula is C14H10BrF4NO. The molecule has 0 aromatic heterocycles. The van der Waals surface area contributed by atoms with Crippen LogP contribution in [0.5, 0.6) is 11.5 Å². The van der Waals surface area contributed by atoms with Gasteiger partial charge in [0.1, 0.15) is 17.3 Å². The minimum atomic E-state index is -4.53. The molecule has 2 N–H and O–H groups in total. The second-order valence-electron chi connectivity index (χ2n) is 4.20. The van der Waals surface area contributed by atoms with Crippen LogP contribution in [0, 0.1) is 5.82 Å². The van der Waals surface area contributed by atoms with E-state index in [1.807, 2.05) is 0 Å². The van der Waals surface area contributed by atoms with Crippen molar-refractivity contribution in [1.82, 2.24) is 0 Å². The first-order valence-electron chi connectivity index (χ1n) is 5.84. The summed E-state index contributed by atoms with van der Waals surface area (Å²) in [7, 11) is 0. The molecule has 0 saturated carbocycles. The molecular weight excluding hydrogens is 354 g/mol. The maximum absolute atomic E-state index is 13.3. The standard InChI is InChI=1S/C14H10BrF4NO/c15-12-4-3-10(6-13(12)16)21-9-2-1-8(7-20)11(5-9)14(17,18)19/h1-6H,7,20H2. The second kappa shape index (κ2) is 6.03. The summed E-state index contributed by atoms with van der Waals surface area (Å²) in [6, 6.07) is 7.38. The van der Waals surface area contributed by atoms with Crippen molar-refractivity contribution in [3.63, 3.8) is 0 Å². The highest BCUT2D eigenvalue weighted by Crippen LogP contribution is 2.35. The van der Waals surface area contributed by atoms with Gasteiger partial charge < -0.3 is 10.5 Å². The molecule has 0 fully saturated rings. The summed E-state index contributed by atoms with van der Waals surface area (Å²) in [4.78, 5) is 0. The lowest BCUT2D eigenvalue weighted by atomic mass is 10.1. The molecule has 2 rings (SSSR count). The van der Waals surface area contributed by atoms with Gasteiger partial charge in [-0.2, -0.15) is 13.2 Å². The van der Waals surface area contributed by atoms with E-state index in [4.69, 9.17) is 10.5 Å². The third-order valence-corrected chi connectivity index (χ3v) is 3.38. The Hall–Kier alpha value is -1.60. The zero-order valence-corrected chi connectivity index (χ0v) is 12.1. The van der Waals surface area contributed by atoms with Gasteiger partial charge in [0.15, 0.2) is 0 Å². The van der Waals surface area contributed by atoms with Gasteiger partial charge in [-0.25, -0.2) is 4.39 Å². The van der Waals surface area contributed by atoms with Gasteiger partial charge in [0.25, 0.3) is 0 Å². The number of alkyl halides is 3. The van der Waals surface area contributed by atoms with Gasteiger partial charge in [0, 0.05) is 12.6 Å². The van der Waals surface area contributed by atoms with Gasteiger partial charge in [0.2, 0.25) is 0 Å². The fourth-order valence-electron chi connectivity index (χ4n) is 1.74. The maximum Gasteiger partial charge on any atom is 0.416 e. The second-order valence-corrected chi connectivity index (χ2v) is 5.05. The number of halogens is 5. The molecule has 0 spiro atoms. The van der Waals surface area contributed by atoms with E-state index in [9.17, 15) is 17.6 Å². The van der Waals surface area contributed by atoms with Gasteiger partial charge in [-0.15, -0.1) is 0 Å². The van der Waals surface area contributed by atoms with Crippen molar-refractivity contribution in [3.05, 3.63) is 57.8 Å². The van der Waals surface area contributed by atoms with Crippen molar-refractivity contribution >= 4 is 15.9 Å². The smallest absolute Gasteiger partial charge is 0.416 e. The van der Waals surface area contributed by atoms with E-state index in [2.05, 4.69) is 15.9 Å². The quantitative estimate of drug-likeness (QED) is 0.790. The van der Waals surface area contributed by atoms with E-state index in [1.165, 1.54) is 24.3 Å². The van der Waals surface area contributed by atoms with Gasteiger partial charge in [0.05, 0.1) is 10.0 Å². The Morgan fingerprint density at radius 2 is 1.67 bits per heavy atom. The van der Waals surface area contributed by atoms with Crippen LogP contribution in [0.25, 0.3) is 0 Å². The Kier molecular flexibility index (Phi) is 4.53. The number of nitrogens with two attached hydrogens (primary N) is 1. The van der Waals surface area contributed by atoms with E-state index < -0.39 is 17.6 Å². The van der Waals surface area contributed by atoms with E-state index in [-0.39, 0.29) is 28.1 Å². The Balaban J connectivity index is 2.34. The molecule has 0 aliphatic rings. The molecule has 2 aromatic rings. The van der Waals surface area contributed by atoms with Crippen LogP contribution in [0.2, 0.25) is 0 Å². The van der Waals surface area contributed by atoms with Crippen LogP contribution in [-0.4, -0.2) is 0 Å². The van der Waals surface area contributed by atoms with Crippen LogP contribution in [0.15, 0.2) is 40.9 Å². The average Bonchev–Trinajstić information content (AvgIpc) is 2.42. The van der Waals surface area contributed by atoms with E-state index in [0.29, 0.717) is 0 Å². The summed E-state index contributed by atoms with van der Waals surface area (Å²) in [5.74, 6) is -0.507. The lowest BCUT2D eigenvalue weighted by Gasteiger charge is -2.14. The lowest BCUT2D eigenvalue weighted by Crippen LogP contribution is -2.12. The number of benzene rings is 2. The lowest BCUT2D eigenvalue weighted by molar-refractivity contribution is -0.138. The summed E-state index contributed by atoms with van der Waals surface area (Å²) >= 11 is 2.98. The summed E-state index contributed by atoms with van der Waals surface area (Å²) in [6.45, 7) is -0.234. The third kappa shape index (κ3) is 3.74. The first-order chi connectivity index (χ1) is 9.81. The van der Waals surface area contributed by atoms with E-state index in [0.717, 1.165) is 12.1 Å². The molecule has 0 saturated heterocycles. The Labute approximate surface area is 126 Å². The average molecular weight is 364 g/mol. The zero-order valence-electron chi connectivity index (χ0n) is 10.5. The number of ether oxygens (including phenoxy) is 1. The van der Waals surface area contributed by atoms with Crippen molar-refractivity contribution in [2.45, 2.75) is 12.7 Å². The minimum absolute atomic E-state index is 0.0307. The van der Waals surface area contributed by atoms with Crippen molar-refractivity contribution in [1.29, 1.82) is 0 Å². The topological polar surface area (TPSA) is 35.2 Å². The summed E-state index contributed by atoms with van der Waals surface area (Å²) in [5.41, 5.74) is 4.40. The SMILES string of the molecule is NCc1ccc(Oc2ccc(Br)c(F)c2)cc1C(F)(F)F. The normalized spacial score (nSPS) is 11.5. The highest BCUT2D eigenvalue weighted by Gasteiger charge is 2.33. The highest BCUT2D eigenvalue weighted by atomic mass is 79.9. The molecule has 0 unspecified atom stereocenters. The first kappa shape index (κ1) is 15.8. The molecule has 0 radical (unpaired) electrons. The Bertz CT molecular complexity index is 658. The van der Waals surface area contributed by atoms with E-state index in [1.54, 1.807) is 0 Å². The van der Waals surface area contributed by atoms with Gasteiger partial charge >= 0.3 is 6.18 Å². The van der Waals surface area contributed by atoms with Crippen LogP contribution < -0.4 is 10.5 Å². The number of hydrogen-bond donors (Lipinski definition) is 1. The van der Waals surface area contributed by atoms with Gasteiger partial charge in [-0.3, -0.25) is 0 Å².